The Labute approximate surface area is 185 Å². The quantitative estimate of drug-likeness (QED) is 0.626. The fraction of sp³-hybridized carbons (Fsp3) is 0.364. The number of carbonyl (C=O) groups excluding carboxylic acids is 2. The smallest absolute Gasteiger partial charge is 0.338 e. The van der Waals surface area contributed by atoms with Gasteiger partial charge in [0.05, 0.1) is 17.1 Å². The molecule has 0 aliphatic carbocycles. The third-order valence-corrected chi connectivity index (χ3v) is 7.17. The van der Waals surface area contributed by atoms with E-state index in [4.69, 9.17) is 4.74 Å². The first-order valence-electron chi connectivity index (χ1n) is 10.2. The predicted molar refractivity (Wildman–Crippen MR) is 114 cm³/mol. The maximum absolute atomic E-state index is 12.9. The number of nitrogens with one attached hydrogen (secondary N) is 1. The summed E-state index contributed by atoms with van der Waals surface area (Å²) in [5.74, 6) is -1.18. The third kappa shape index (κ3) is 5.49. The van der Waals surface area contributed by atoms with Gasteiger partial charge < -0.3 is 10.1 Å². The monoisotopic (exact) mass is 466 g/mol. The van der Waals surface area contributed by atoms with Crippen LogP contribution in [0.25, 0.3) is 0 Å². The van der Waals surface area contributed by atoms with Crippen molar-refractivity contribution in [1.29, 1.82) is 0 Å². The maximum Gasteiger partial charge on any atom is 0.338 e. The molecule has 1 heterocycles. The number of hydrogen-bond donors (Lipinski definition) is 1. The Morgan fingerprint density at radius 3 is 2.19 bits per heavy atom. The van der Waals surface area contributed by atoms with Crippen LogP contribution in [0.1, 0.15) is 42.1 Å². The van der Waals surface area contributed by atoms with Crippen LogP contribution >= 0.6 is 0 Å². The second-order valence-corrected chi connectivity index (χ2v) is 9.27. The molecule has 0 spiro atoms. The third-order valence-electron chi connectivity index (χ3n) is 5.26. The molecule has 1 amide bonds. The lowest BCUT2D eigenvalue weighted by atomic mass is 9.97. The number of alkyl halides is 2. The van der Waals surface area contributed by atoms with Crippen molar-refractivity contribution in [2.24, 2.45) is 5.92 Å². The number of amides is 1. The number of benzene rings is 2. The van der Waals surface area contributed by atoms with Crippen LogP contribution in [0.3, 0.4) is 0 Å². The molecule has 1 N–H and O–H groups in total. The van der Waals surface area contributed by atoms with Crippen molar-refractivity contribution < 1.29 is 31.5 Å². The van der Waals surface area contributed by atoms with Crippen LogP contribution in [0.4, 0.5) is 14.5 Å². The van der Waals surface area contributed by atoms with Gasteiger partial charge in [-0.25, -0.2) is 22.0 Å². The first-order valence-corrected chi connectivity index (χ1v) is 11.6. The molecule has 3 rings (SSSR count). The summed E-state index contributed by atoms with van der Waals surface area (Å²) in [6.45, 7) is 2.25. The van der Waals surface area contributed by atoms with Gasteiger partial charge in [-0.2, -0.15) is 4.31 Å². The number of nitrogens with zero attached hydrogens (tertiary/aromatic N) is 1. The van der Waals surface area contributed by atoms with Gasteiger partial charge in [-0.15, -0.1) is 0 Å². The van der Waals surface area contributed by atoms with E-state index in [1.807, 2.05) is 0 Å². The number of ether oxygens (including phenoxy) is 1. The van der Waals surface area contributed by atoms with Crippen molar-refractivity contribution in [3.05, 3.63) is 59.7 Å². The number of halogens is 2. The summed E-state index contributed by atoms with van der Waals surface area (Å²) in [7, 11) is -3.76. The summed E-state index contributed by atoms with van der Waals surface area (Å²) in [5.41, 5.74) is 0.552. The van der Waals surface area contributed by atoms with Crippen LogP contribution in [0.5, 0.6) is 0 Å². The van der Waals surface area contributed by atoms with Gasteiger partial charge in [-0.1, -0.05) is 12.1 Å². The summed E-state index contributed by atoms with van der Waals surface area (Å²) in [6.07, 6.45) is -1.91. The Hall–Kier alpha value is -2.85. The van der Waals surface area contributed by atoms with E-state index in [1.165, 1.54) is 52.8 Å². The molecule has 7 nitrogen and oxygen atoms in total. The van der Waals surface area contributed by atoms with Gasteiger partial charge in [-0.05, 0) is 56.2 Å². The summed E-state index contributed by atoms with van der Waals surface area (Å²) in [5, 5.41) is 2.69. The van der Waals surface area contributed by atoms with E-state index in [9.17, 15) is 26.8 Å². The molecule has 2 aromatic rings. The number of carbonyl (C=O) groups is 2. The van der Waals surface area contributed by atoms with Gasteiger partial charge in [0.1, 0.15) is 0 Å². The number of sulfonamides is 1. The second kappa shape index (κ2) is 10.2. The minimum absolute atomic E-state index is 0.0626. The van der Waals surface area contributed by atoms with E-state index in [0.717, 1.165) is 0 Å². The number of rotatable bonds is 7. The van der Waals surface area contributed by atoms with Gasteiger partial charge >= 0.3 is 5.97 Å². The van der Waals surface area contributed by atoms with E-state index in [2.05, 4.69) is 5.32 Å². The number of anilines is 1. The number of hydrogen-bond acceptors (Lipinski definition) is 5. The Balaban J connectivity index is 1.58. The number of esters is 1. The largest absolute Gasteiger partial charge is 0.462 e. The predicted octanol–water partition coefficient (Wildman–Crippen LogP) is 3.84. The van der Waals surface area contributed by atoms with Crippen molar-refractivity contribution >= 4 is 27.6 Å². The van der Waals surface area contributed by atoms with E-state index in [-0.39, 0.29) is 47.5 Å². The fourth-order valence-electron chi connectivity index (χ4n) is 3.44. The van der Waals surface area contributed by atoms with E-state index in [1.54, 1.807) is 6.92 Å². The molecule has 0 aromatic heterocycles. The molecule has 0 bridgehead atoms. The minimum atomic E-state index is -3.76. The van der Waals surface area contributed by atoms with E-state index < -0.39 is 22.4 Å². The van der Waals surface area contributed by atoms with Crippen LogP contribution in [-0.2, 0) is 19.6 Å². The molecule has 1 fully saturated rings. The highest BCUT2D eigenvalue weighted by molar-refractivity contribution is 7.89. The van der Waals surface area contributed by atoms with Crippen molar-refractivity contribution in [2.75, 3.05) is 25.0 Å². The maximum atomic E-state index is 12.9. The molecular weight excluding hydrogens is 442 g/mol. The van der Waals surface area contributed by atoms with Gasteiger partial charge in [-0.3, -0.25) is 4.79 Å². The zero-order valence-electron chi connectivity index (χ0n) is 17.5. The standard InChI is InChI=1S/C22H24F2N2O5S/c1-2-31-22(28)17-5-9-19(10-6-17)32(29,30)26-13-11-16(12-14-26)21(27)25-18-7-3-15(4-8-18)20(23)24/h3-10,16,20H,2,11-14H2,1H3,(H,25,27). The highest BCUT2D eigenvalue weighted by Gasteiger charge is 2.32. The van der Waals surface area contributed by atoms with E-state index >= 15 is 0 Å². The molecule has 0 saturated carbocycles. The fourth-order valence-corrected chi connectivity index (χ4v) is 4.91. The molecule has 0 unspecified atom stereocenters. The molecule has 1 aliphatic rings. The van der Waals surface area contributed by atoms with Gasteiger partial charge in [0, 0.05) is 30.3 Å². The molecule has 2 aromatic carbocycles. The van der Waals surface area contributed by atoms with Crippen LogP contribution in [0.15, 0.2) is 53.4 Å². The van der Waals surface area contributed by atoms with Crippen molar-refractivity contribution in [3.8, 4) is 0 Å². The molecule has 1 aliphatic heterocycles. The first-order chi connectivity index (χ1) is 15.2. The first kappa shape index (κ1) is 23.8. The second-order valence-electron chi connectivity index (χ2n) is 7.34. The average Bonchev–Trinajstić information content (AvgIpc) is 2.79. The van der Waals surface area contributed by atoms with Crippen molar-refractivity contribution in [1.82, 2.24) is 4.31 Å². The highest BCUT2D eigenvalue weighted by Crippen LogP contribution is 2.26. The Morgan fingerprint density at radius 1 is 1.06 bits per heavy atom. The number of piperidine rings is 1. The topological polar surface area (TPSA) is 92.8 Å². The molecule has 10 heteroatoms. The molecule has 1 saturated heterocycles. The molecule has 32 heavy (non-hydrogen) atoms. The zero-order valence-corrected chi connectivity index (χ0v) is 18.3. The lowest BCUT2D eigenvalue weighted by molar-refractivity contribution is -0.120. The Kier molecular flexibility index (Phi) is 7.57. The lowest BCUT2D eigenvalue weighted by Gasteiger charge is -2.30. The Bertz CT molecular complexity index is 1050. The summed E-state index contributed by atoms with van der Waals surface area (Å²) in [6, 6.07) is 10.9. The van der Waals surface area contributed by atoms with Crippen LogP contribution in [0, 0.1) is 5.92 Å². The average molecular weight is 467 g/mol. The summed E-state index contributed by atoms with van der Waals surface area (Å²) >= 11 is 0. The van der Waals surface area contributed by atoms with Gasteiger partial charge in [0.2, 0.25) is 15.9 Å². The van der Waals surface area contributed by atoms with E-state index in [0.29, 0.717) is 18.5 Å². The molecule has 0 atom stereocenters. The van der Waals surface area contributed by atoms with Crippen molar-refractivity contribution in [2.45, 2.75) is 31.1 Å². The van der Waals surface area contributed by atoms with Crippen molar-refractivity contribution in [3.63, 3.8) is 0 Å². The molecular formula is C22H24F2N2O5S. The SMILES string of the molecule is CCOC(=O)c1ccc(S(=O)(=O)N2CCC(C(=O)Nc3ccc(C(F)F)cc3)CC2)cc1. The summed E-state index contributed by atoms with van der Waals surface area (Å²) in [4.78, 5) is 24.3. The van der Waals surface area contributed by atoms with Crippen LogP contribution in [0.2, 0.25) is 0 Å². The lowest BCUT2D eigenvalue weighted by Crippen LogP contribution is -2.41. The van der Waals surface area contributed by atoms with Gasteiger partial charge in [0.15, 0.2) is 0 Å². The zero-order chi connectivity index (χ0) is 23.3. The minimum Gasteiger partial charge on any atom is -0.462 e. The molecule has 172 valence electrons. The highest BCUT2D eigenvalue weighted by atomic mass is 32.2. The van der Waals surface area contributed by atoms with Gasteiger partial charge in [0.25, 0.3) is 6.43 Å². The molecule has 0 radical (unpaired) electrons. The summed E-state index contributed by atoms with van der Waals surface area (Å²) < 4.78 is 57.3. The normalized spacial score (nSPS) is 15.5. The van der Waals surface area contributed by atoms with Crippen LogP contribution in [-0.4, -0.2) is 44.3 Å². The Morgan fingerprint density at radius 2 is 1.66 bits per heavy atom. The van der Waals surface area contributed by atoms with Crippen LogP contribution < -0.4 is 5.32 Å².